The molecule has 2 aliphatic heterocycles. The smallest absolute Gasteiger partial charge is 0.224 e. The lowest BCUT2D eigenvalue weighted by Crippen LogP contribution is -2.53. The fraction of sp³-hybridized carbons (Fsp3) is 0.737. The Labute approximate surface area is 155 Å². The summed E-state index contributed by atoms with van der Waals surface area (Å²) < 4.78 is 6.97. The van der Waals surface area contributed by atoms with Crippen LogP contribution in [0.25, 0.3) is 0 Å². The van der Waals surface area contributed by atoms with Crippen molar-refractivity contribution in [3.8, 4) is 0 Å². The van der Waals surface area contributed by atoms with Crippen LogP contribution in [0.1, 0.15) is 45.1 Å². The van der Waals surface area contributed by atoms with E-state index in [4.69, 9.17) is 4.74 Å². The highest BCUT2D eigenvalue weighted by molar-refractivity contribution is 5.78. The summed E-state index contributed by atoms with van der Waals surface area (Å²) in [7, 11) is 1.67. The van der Waals surface area contributed by atoms with Gasteiger partial charge in [-0.1, -0.05) is 0 Å². The number of nitrogens with zero attached hydrogens (tertiary/aromatic N) is 4. The Hall–Kier alpha value is -1.89. The number of carbonyl (C=O) groups is 2. The quantitative estimate of drug-likeness (QED) is 0.773. The number of ether oxygens (including phenoxy) is 1. The van der Waals surface area contributed by atoms with Crippen LogP contribution in [0.5, 0.6) is 0 Å². The van der Waals surface area contributed by atoms with E-state index in [0.717, 1.165) is 38.9 Å². The predicted octanol–water partition coefficient (Wildman–Crippen LogP) is 1.71. The van der Waals surface area contributed by atoms with Gasteiger partial charge in [0.25, 0.3) is 0 Å². The van der Waals surface area contributed by atoms with Crippen molar-refractivity contribution in [2.45, 2.75) is 45.1 Å². The summed E-state index contributed by atoms with van der Waals surface area (Å²) in [4.78, 5) is 28.7. The average Bonchev–Trinajstić information content (AvgIpc) is 3.18. The lowest BCUT2D eigenvalue weighted by atomic mass is 9.72. The number of hydrogen-bond donors (Lipinski definition) is 0. The number of likely N-dealkylation sites (tertiary alicyclic amines) is 2. The molecule has 26 heavy (non-hydrogen) atoms. The monoisotopic (exact) mass is 362 g/mol. The molecule has 2 saturated heterocycles. The highest BCUT2D eigenvalue weighted by Gasteiger charge is 2.41. The molecule has 1 aromatic heterocycles. The molecule has 0 saturated carbocycles. The van der Waals surface area contributed by atoms with Crippen LogP contribution in [0.3, 0.4) is 0 Å². The maximum Gasteiger partial charge on any atom is 0.224 e. The summed E-state index contributed by atoms with van der Waals surface area (Å²) in [5.41, 5.74) is 0.173. The van der Waals surface area contributed by atoms with Crippen LogP contribution in [-0.4, -0.2) is 71.3 Å². The molecular formula is C19H30N4O3. The van der Waals surface area contributed by atoms with Crippen molar-refractivity contribution < 1.29 is 14.3 Å². The number of aromatic nitrogens is 2. The molecule has 0 aliphatic carbocycles. The first-order chi connectivity index (χ1) is 12.5. The maximum atomic E-state index is 12.6. The minimum Gasteiger partial charge on any atom is -0.383 e. The molecular weight excluding hydrogens is 332 g/mol. The van der Waals surface area contributed by atoms with Crippen molar-refractivity contribution in [1.29, 1.82) is 0 Å². The van der Waals surface area contributed by atoms with Gasteiger partial charge >= 0.3 is 0 Å². The molecule has 144 valence electrons. The van der Waals surface area contributed by atoms with E-state index in [-0.39, 0.29) is 23.3 Å². The van der Waals surface area contributed by atoms with Gasteiger partial charge < -0.3 is 14.5 Å². The Morgan fingerprint density at radius 3 is 2.77 bits per heavy atom. The van der Waals surface area contributed by atoms with Gasteiger partial charge in [0.15, 0.2) is 0 Å². The van der Waals surface area contributed by atoms with E-state index in [1.165, 1.54) is 0 Å². The lowest BCUT2D eigenvalue weighted by Gasteiger charge is -2.47. The summed E-state index contributed by atoms with van der Waals surface area (Å²) >= 11 is 0. The molecule has 2 aliphatic rings. The average molecular weight is 362 g/mol. The Morgan fingerprint density at radius 1 is 1.35 bits per heavy atom. The van der Waals surface area contributed by atoms with E-state index in [1.54, 1.807) is 13.3 Å². The largest absolute Gasteiger partial charge is 0.383 e. The number of piperidine rings is 2. The van der Waals surface area contributed by atoms with Crippen LogP contribution in [0.4, 0.5) is 0 Å². The number of hydrogen-bond acceptors (Lipinski definition) is 4. The van der Waals surface area contributed by atoms with Crippen LogP contribution < -0.4 is 0 Å². The van der Waals surface area contributed by atoms with Gasteiger partial charge in [0.2, 0.25) is 11.8 Å². The van der Waals surface area contributed by atoms with Crippen LogP contribution in [-0.2, 0) is 14.3 Å². The van der Waals surface area contributed by atoms with Gasteiger partial charge in [-0.05, 0) is 37.7 Å². The van der Waals surface area contributed by atoms with Crippen LogP contribution in [0, 0.1) is 5.41 Å². The lowest BCUT2D eigenvalue weighted by molar-refractivity contribution is -0.143. The zero-order valence-electron chi connectivity index (χ0n) is 15.9. The molecule has 3 rings (SSSR count). The summed E-state index contributed by atoms with van der Waals surface area (Å²) in [6, 6.07) is 1.95. The summed E-state index contributed by atoms with van der Waals surface area (Å²) in [5, 5.41) is 4.22. The summed E-state index contributed by atoms with van der Waals surface area (Å²) in [6.07, 6.45) is 7.64. The highest BCUT2D eigenvalue weighted by atomic mass is 16.5. The van der Waals surface area contributed by atoms with Crippen LogP contribution >= 0.6 is 0 Å². The number of methoxy groups -OCH3 is 1. The van der Waals surface area contributed by atoms with Crippen molar-refractivity contribution in [3.05, 3.63) is 18.5 Å². The zero-order valence-corrected chi connectivity index (χ0v) is 15.9. The molecule has 0 unspecified atom stereocenters. The van der Waals surface area contributed by atoms with E-state index in [2.05, 4.69) is 5.10 Å². The van der Waals surface area contributed by atoms with Gasteiger partial charge in [0, 0.05) is 58.5 Å². The fourth-order valence-corrected chi connectivity index (χ4v) is 4.16. The molecule has 0 radical (unpaired) electrons. The highest BCUT2D eigenvalue weighted by Crippen LogP contribution is 2.40. The molecule has 7 heteroatoms. The number of rotatable bonds is 6. The second-order valence-electron chi connectivity index (χ2n) is 7.73. The third kappa shape index (κ3) is 4.26. The molecule has 7 nitrogen and oxygen atoms in total. The van der Waals surface area contributed by atoms with E-state index >= 15 is 0 Å². The molecule has 1 spiro atoms. The summed E-state index contributed by atoms with van der Waals surface area (Å²) in [6.45, 7) is 5.66. The minimum atomic E-state index is 0.0743. The molecule has 0 N–H and O–H groups in total. The SMILES string of the molecule is COCCN1CC2(CCC1=O)CCN(C(=O)C[C@@H](C)n1cccn1)CC2. The normalized spacial score (nSPS) is 21.2. The van der Waals surface area contributed by atoms with Crippen molar-refractivity contribution in [3.63, 3.8) is 0 Å². The van der Waals surface area contributed by atoms with E-state index < -0.39 is 0 Å². The number of carbonyl (C=O) groups excluding carboxylic acids is 2. The predicted molar refractivity (Wildman–Crippen MR) is 97.5 cm³/mol. The van der Waals surface area contributed by atoms with E-state index in [9.17, 15) is 9.59 Å². The van der Waals surface area contributed by atoms with Gasteiger partial charge in [-0.15, -0.1) is 0 Å². The van der Waals surface area contributed by atoms with E-state index in [1.807, 2.05) is 33.7 Å². The first-order valence-corrected chi connectivity index (χ1v) is 9.57. The Morgan fingerprint density at radius 2 is 2.12 bits per heavy atom. The van der Waals surface area contributed by atoms with Crippen molar-refractivity contribution in [2.24, 2.45) is 5.41 Å². The molecule has 2 amide bonds. The van der Waals surface area contributed by atoms with Gasteiger partial charge in [0.05, 0.1) is 12.6 Å². The van der Waals surface area contributed by atoms with Crippen LogP contribution in [0.2, 0.25) is 0 Å². The van der Waals surface area contributed by atoms with Gasteiger partial charge in [-0.3, -0.25) is 14.3 Å². The minimum absolute atomic E-state index is 0.0743. The second-order valence-corrected chi connectivity index (χ2v) is 7.73. The standard InChI is InChI=1S/C19H30N4O3/c1-16(23-9-3-8-20-23)14-18(25)21-10-6-19(7-11-21)5-4-17(24)22(15-19)12-13-26-2/h3,8-9,16H,4-7,10-15H2,1-2H3/t16-/m1/s1. The van der Waals surface area contributed by atoms with Gasteiger partial charge in [-0.2, -0.15) is 5.10 Å². The zero-order chi connectivity index (χ0) is 18.6. The van der Waals surface area contributed by atoms with Crippen molar-refractivity contribution in [2.75, 3.05) is 39.9 Å². The topological polar surface area (TPSA) is 67.7 Å². The maximum absolute atomic E-state index is 12.6. The van der Waals surface area contributed by atoms with Crippen molar-refractivity contribution >= 4 is 11.8 Å². The first-order valence-electron chi connectivity index (χ1n) is 9.57. The Kier molecular flexibility index (Phi) is 5.96. The molecule has 1 atom stereocenters. The van der Waals surface area contributed by atoms with Crippen LogP contribution in [0.15, 0.2) is 18.5 Å². The Balaban J connectivity index is 1.51. The molecule has 3 heterocycles. The van der Waals surface area contributed by atoms with E-state index in [0.29, 0.717) is 26.0 Å². The third-order valence-electron chi connectivity index (χ3n) is 5.94. The third-order valence-corrected chi connectivity index (χ3v) is 5.94. The van der Waals surface area contributed by atoms with Crippen molar-refractivity contribution in [1.82, 2.24) is 19.6 Å². The first kappa shape index (κ1) is 18.9. The number of amides is 2. The fourth-order valence-electron chi connectivity index (χ4n) is 4.16. The molecule has 1 aromatic rings. The Bertz CT molecular complexity index is 608. The van der Waals surface area contributed by atoms with Gasteiger partial charge in [-0.25, -0.2) is 0 Å². The van der Waals surface area contributed by atoms with Gasteiger partial charge in [0.1, 0.15) is 0 Å². The molecule has 0 bridgehead atoms. The molecule has 0 aromatic carbocycles. The second kappa shape index (κ2) is 8.20. The summed E-state index contributed by atoms with van der Waals surface area (Å²) in [5.74, 6) is 0.435. The molecule has 2 fully saturated rings.